The van der Waals surface area contributed by atoms with Gasteiger partial charge in [-0.25, -0.2) is 8.42 Å². The average molecular weight is 214 g/mol. The van der Waals surface area contributed by atoms with Crippen LogP contribution in [0.15, 0.2) is 0 Å². The van der Waals surface area contributed by atoms with Gasteiger partial charge >= 0.3 is 0 Å². The van der Waals surface area contributed by atoms with Crippen LogP contribution in [0.2, 0.25) is 0 Å². The summed E-state index contributed by atoms with van der Waals surface area (Å²) >= 11 is 0. The van der Waals surface area contributed by atoms with E-state index in [0.717, 1.165) is 0 Å². The van der Waals surface area contributed by atoms with E-state index in [4.69, 9.17) is 20.4 Å². The van der Waals surface area contributed by atoms with Crippen LogP contribution in [0.25, 0.3) is 0 Å². The Labute approximate surface area is 76.4 Å². The van der Waals surface area contributed by atoms with Crippen molar-refractivity contribution in [2.24, 2.45) is 0 Å². The Bertz CT molecular complexity index is 205. The second kappa shape index (κ2) is 5.51. The standard InChI is InChI=1S/C6H14O6S/c7-1-5(9)3-13(11,12)4-6(10)2-8/h5-10H,1-4H2. The number of aliphatic hydroxyl groups excluding tert-OH is 4. The van der Waals surface area contributed by atoms with Gasteiger partial charge in [-0.3, -0.25) is 0 Å². The number of sulfone groups is 1. The first-order valence-corrected chi connectivity index (χ1v) is 5.51. The molecule has 2 unspecified atom stereocenters. The van der Waals surface area contributed by atoms with Crippen LogP contribution in [0.5, 0.6) is 0 Å². The van der Waals surface area contributed by atoms with Gasteiger partial charge in [0.05, 0.1) is 36.9 Å². The van der Waals surface area contributed by atoms with E-state index in [1.165, 1.54) is 0 Å². The first kappa shape index (κ1) is 12.8. The zero-order valence-corrected chi connectivity index (χ0v) is 7.81. The third-order valence-electron chi connectivity index (χ3n) is 1.31. The lowest BCUT2D eigenvalue weighted by molar-refractivity contribution is 0.106. The number of aliphatic hydroxyl groups is 4. The molecule has 13 heavy (non-hydrogen) atoms. The molecule has 4 N–H and O–H groups in total. The first-order valence-electron chi connectivity index (χ1n) is 3.69. The summed E-state index contributed by atoms with van der Waals surface area (Å²) in [5.74, 6) is -1.22. The maximum absolute atomic E-state index is 11.0. The summed E-state index contributed by atoms with van der Waals surface area (Å²) < 4.78 is 22.1. The maximum Gasteiger partial charge on any atom is 0.155 e. The molecule has 0 aromatic rings. The molecule has 0 bridgehead atoms. The molecule has 0 aromatic carbocycles. The molecule has 0 amide bonds. The van der Waals surface area contributed by atoms with Crippen LogP contribution >= 0.6 is 0 Å². The number of rotatable bonds is 6. The minimum absolute atomic E-state index is 0.611. The highest BCUT2D eigenvalue weighted by Crippen LogP contribution is 1.97. The SMILES string of the molecule is O=S(=O)(CC(O)CO)CC(O)CO. The lowest BCUT2D eigenvalue weighted by Crippen LogP contribution is -2.31. The molecule has 6 nitrogen and oxygen atoms in total. The van der Waals surface area contributed by atoms with Crippen LogP contribution in [0.4, 0.5) is 0 Å². The van der Waals surface area contributed by atoms with E-state index in [1.807, 2.05) is 0 Å². The minimum atomic E-state index is -3.62. The van der Waals surface area contributed by atoms with E-state index >= 15 is 0 Å². The molecule has 0 radical (unpaired) electrons. The molecule has 2 atom stereocenters. The topological polar surface area (TPSA) is 115 Å². The van der Waals surface area contributed by atoms with Crippen molar-refractivity contribution < 1.29 is 28.8 Å². The first-order chi connectivity index (χ1) is 5.91. The van der Waals surface area contributed by atoms with Gasteiger partial charge in [0.1, 0.15) is 0 Å². The zero-order chi connectivity index (χ0) is 10.5. The summed E-state index contributed by atoms with van der Waals surface area (Å²) in [4.78, 5) is 0. The molecule has 0 aliphatic heterocycles. The molecular weight excluding hydrogens is 200 g/mol. The lowest BCUT2D eigenvalue weighted by atomic mass is 10.4. The van der Waals surface area contributed by atoms with Gasteiger partial charge in [-0.15, -0.1) is 0 Å². The largest absolute Gasteiger partial charge is 0.394 e. The number of hydrogen-bond donors (Lipinski definition) is 4. The van der Waals surface area contributed by atoms with Crippen molar-refractivity contribution in [2.75, 3.05) is 24.7 Å². The molecule has 0 fully saturated rings. The second-order valence-corrected chi connectivity index (χ2v) is 4.90. The fraction of sp³-hybridized carbons (Fsp3) is 1.00. The summed E-state index contributed by atoms with van der Waals surface area (Å²) in [5.41, 5.74) is 0. The second-order valence-electron chi connectivity index (χ2n) is 2.75. The van der Waals surface area contributed by atoms with Crippen LogP contribution in [-0.4, -0.2) is 65.8 Å². The van der Waals surface area contributed by atoms with Gasteiger partial charge in [-0.1, -0.05) is 0 Å². The molecule has 80 valence electrons. The normalized spacial score (nSPS) is 16.9. The van der Waals surface area contributed by atoms with Gasteiger partial charge in [-0.05, 0) is 0 Å². The van der Waals surface area contributed by atoms with Gasteiger partial charge in [-0.2, -0.15) is 0 Å². The highest BCUT2D eigenvalue weighted by Gasteiger charge is 2.20. The van der Waals surface area contributed by atoms with E-state index in [0.29, 0.717) is 0 Å². The molecule has 0 spiro atoms. The van der Waals surface area contributed by atoms with Crippen molar-refractivity contribution in [3.05, 3.63) is 0 Å². The van der Waals surface area contributed by atoms with Gasteiger partial charge < -0.3 is 20.4 Å². The van der Waals surface area contributed by atoms with E-state index in [1.54, 1.807) is 0 Å². The predicted molar refractivity (Wildman–Crippen MR) is 44.8 cm³/mol. The summed E-state index contributed by atoms with van der Waals surface area (Å²) in [7, 11) is -3.62. The molecule has 0 heterocycles. The molecule has 0 saturated heterocycles. The smallest absolute Gasteiger partial charge is 0.155 e. The Kier molecular flexibility index (Phi) is 5.42. The van der Waals surface area contributed by atoms with Crippen molar-refractivity contribution in [1.82, 2.24) is 0 Å². The lowest BCUT2D eigenvalue weighted by Gasteiger charge is -2.10. The van der Waals surface area contributed by atoms with Crippen molar-refractivity contribution in [3.63, 3.8) is 0 Å². The molecule has 0 aliphatic rings. The Balaban J connectivity index is 4.09. The van der Waals surface area contributed by atoms with Crippen LogP contribution in [0, 0.1) is 0 Å². The van der Waals surface area contributed by atoms with Gasteiger partial charge in [0.25, 0.3) is 0 Å². The van der Waals surface area contributed by atoms with E-state index in [9.17, 15) is 8.42 Å². The molecule has 0 saturated carbocycles. The Morgan fingerprint density at radius 1 is 0.923 bits per heavy atom. The Morgan fingerprint density at radius 3 is 1.46 bits per heavy atom. The van der Waals surface area contributed by atoms with Crippen molar-refractivity contribution in [2.45, 2.75) is 12.2 Å². The maximum atomic E-state index is 11.0. The Morgan fingerprint density at radius 2 is 1.23 bits per heavy atom. The predicted octanol–water partition coefficient (Wildman–Crippen LogP) is -2.89. The van der Waals surface area contributed by atoms with Crippen molar-refractivity contribution in [3.8, 4) is 0 Å². The molecule has 0 aromatic heterocycles. The summed E-state index contributed by atoms with van der Waals surface area (Å²) in [6.45, 7) is -1.29. The van der Waals surface area contributed by atoms with Crippen LogP contribution in [0.1, 0.15) is 0 Å². The third kappa shape index (κ3) is 5.94. The van der Waals surface area contributed by atoms with Gasteiger partial charge in [0, 0.05) is 0 Å². The van der Waals surface area contributed by atoms with Crippen molar-refractivity contribution in [1.29, 1.82) is 0 Å². The van der Waals surface area contributed by atoms with Gasteiger partial charge in [0.2, 0.25) is 0 Å². The molecule has 7 heteroatoms. The Hall–Kier alpha value is -0.210. The zero-order valence-electron chi connectivity index (χ0n) is 7.00. The number of hydrogen-bond acceptors (Lipinski definition) is 6. The molecule has 0 aliphatic carbocycles. The monoisotopic (exact) mass is 214 g/mol. The quantitative estimate of drug-likeness (QED) is 0.377. The van der Waals surface area contributed by atoms with E-state index < -0.39 is 46.8 Å². The fourth-order valence-corrected chi connectivity index (χ4v) is 2.28. The van der Waals surface area contributed by atoms with Crippen LogP contribution in [0.3, 0.4) is 0 Å². The van der Waals surface area contributed by atoms with Crippen molar-refractivity contribution >= 4 is 9.84 Å². The summed E-state index contributed by atoms with van der Waals surface area (Å²) in [5, 5.41) is 34.3. The highest BCUT2D eigenvalue weighted by atomic mass is 32.2. The summed E-state index contributed by atoms with van der Waals surface area (Å²) in [6.07, 6.45) is -2.67. The molecule has 0 rings (SSSR count). The van der Waals surface area contributed by atoms with Crippen LogP contribution in [-0.2, 0) is 9.84 Å². The fourth-order valence-electron chi connectivity index (χ4n) is 0.760. The minimum Gasteiger partial charge on any atom is -0.394 e. The molecular formula is C6H14O6S. The van der Waals surface area contributed by atoms with E-state index in [-0.39, 0.29) is 0 Å². The average Bonchev–Trinajstić information content (AvgIpc) is 2.02. The van der Waals surface area contributed by atoms with Crippen LogP contribution < -0.4 is 0 Å². The van der Waals surface area contributed by atoms with E-state index in [2.05, 4.69) is 0 Å². The summed E-state index contributed by atoms with van der Waals surface area (Å²) in [6, 6.07) is 0. The third-order valence-corrected chi connectivity index (χ3v) is 3.10. The van der Waals surface area contributed by atoms with Gasteiger partial charge in [0.15, 0.2) is 9.84 Å². The highest BCUT2D eigenvalue weighted by molar-refractivity contribution is 7.91.